The monoisotopic (exact) mass is 783 g/mol. The van der Waals surface area contributed by atoms with E-state index in [1.54, 1.807) is 18.2 Å². The van der Waals surface area contributed by atoms with Gasteiger partial charge in [-0.25, -0.2) is 0 Å². The molecule has 10 rings (SSSR count). The highest BCUT2D eigenvalue weighted by molar-refractivity contribution is 6.35. The summed E-state index contributed by atoms with van der Waals surface area (Å²) in [5.41, 5.74) is 2.99. The minimum Gasteiger partial charge on any atom is -0.367 e. The third kappa shape index (κ3) is 5.55. The van der Waals surface area contributed by atoms with Crippen LogP contribution in [0.4, 0.5) is 11.4 Å². The number of fused-ring (bicyclic) bond motifs is 1. The lowest BCUT2D eigenvalue weighted by Gasteiger charge is -2.39. The first-order valence-electron chi connectivity index (χ1n) is 20.5. The zero-order valence-corrected chi connectivity index (χ0v) is 32.7. The van der Waals surface area contributed by atoms with E-state index < -0.39 is 35.4 Å². The van der Waals surface area contributed by atoms with E-state index in [1.807, 2.05) is 18.2 Å². The van der Waals surface area contributed by atoms with Crippen LogP contribution in [-0.2, 0) is 0 Å². The van der Waals surface area contributed by atoms with Gasteiger partial charge in [-0.1, -0.05) is 87.6 Å². The number of carbonyl (C=O) groups is 6. The summed E-state index contributed by atoms with van der Waals surface area (Å²) < 4.78 is 0. The predicted molar refractivity (Wildman–Crippen MR) is 226 cm³/mol. The Morgan fingerprint density at radius 2 is 0.847 bits per heavy atom. The molecule has 59 heavy (non-hydrogen) atoms. The Morgan fingerprint density at radius 1 is 0.407 bits per heavy atom. The smallest absolute Gasteiger partial charge is 0.281 e. The molecule has 0 radical (unpaired) electrons. The van der Waals surface area contributed by atoms with E-state index in [9.17, 15) is 28.8 Å². The number of imide groups is 3. The van der Waals surface area contributed by atoms with Gasteiger partial charge in [-0.15, -0.1) is 0 Å². The lowest BCUT2D eigenvalue weighted by Crippen LogP contribution is -2.58. The van der Waals surface area contributed by atoms with Gasteiger partial charge in [0.05, 0.1) is 22.3 Å². The third-order valence-corrected chi connectivity index (χ3v) is 12.5. The number of hydrogen-bond donors (Lipinski definition) is 0. The molecule has 0 bridgehead atoms. The summed E-state index contributed by atoms with van der Waals surface area (Å²) in [6.45, 7) is 5.41. The molecule has 294 valence electrons. The van der Waals surface area contributed by atoms with Gasteiger partial charge in [-0.2, -0.15) is 10.0 Å². The average Bonchev–Trinajstić information content (AvgIpc) is 3.26. The Balaban J connectivity index is 0.933. The number of hydrogen-bond acceptors (Lipinski definition) is 8. The Morgan fingerprint density at radius 3 is 1.46 bits per heavy atom. The van der Waals surface area contributed by atoms with Gasteiger partial charge in [0.25, 0.3) is 35.4 Å². The van der Waals surface area contributed by atoms with E-state index in [0.29, 0.717) is 21.8 Å². The lowest BCUT2D eigenvalue weighted by molar-refractivity contribution is 0.00212. The quantitative estimate of drug-likeness (QED) is 0.101. The zero-order valence-electron chi connectivity index (χ0n) is 32.7. The highest BCUT2D eigenvalue weighted by atomic mass is 16.2. The van der Waals surface area contributed by atoms with Gasteiger partial charge in [-0.05, 0) is 60.3 Å². The number of piperazine rings is 1. The van der Waals surface area contributed by atoms with E-state index in [1.165, 1.54) is 45.6 Å². The van der Waals surface area contributed by atoms with E-state index in [-0.39, 0.29) is 50.7 Å². The molecule has 1 fully saturated rings. The van der Waals surface area contributed by atoms with Crippen molar-refractivity contribution < 1.29 is 28.8 Å². The first kappa shape index (κ1) is 36.5. The molecule has 6 aromatic carbocycles. The van der Waals surface area contributed by atoms with Crippen LogP contribution in [0.15, 0.2) is 97.1 Å². The summed E-state index contributed by atoms with van der Waals surface area (Å²) >= 11 is 0. The molecule has 0 spiro atoms. The van der Waals surface area contributed by atoms with E-state index in [0.717, 1.165) is 69.4 Å². The second kappa shape index (κ2) is 14.2. The topological polar surface area (TPSA) is 119 Å². The van der Waals surface area contributed by atoms with Crippen molar-refractivity contribution in [3.8, 4) is 0 Å². The Hall–Kier alpha value is -6.88. The Labute approximate surface area is 340 Å². The molecule has 6 aromatic rings. The van der Waals surface area contributed by atoms with Crippen molar-refractivity contribution in [1.29, 1.82) is 0 Å². The van der Waals surface area contributed by atoms with Crippen molar-refractivity contribution in [3.63, 3.8) is 0 Å². The minimum absolute atomic E-state index is 0.0211. The van der Waals surface area contributed by atoms with Gasteiger partial charge < -0.3 is 9.80 Å². The number of hydrazine groups is 1. The Kier molecular flexibility index (Phi) is 8.77. The van der Waals surface area contributed by atoms with E-state index in [2.05, 4.69) is 53.1 Å². The van der Waals surface area contributed by atoms with Crippen LogP contribution in [0.25, 0.3) is 32.3 Å². The van der Waals surface area contributed by atoms with Crippen LogP contribution in [0.1, 0.15) is 108 Å². The van der Waals surface area contributed by atoms with Gasteiger partial charge in [0.15, 0.2) is 0 Å². The molecule has 4 heterocycles. The van der Waals surface area contributed by atoms with Crippen molar-refractivity contribution in [2.45, 2.75) is 45.4 Å². The molecule has 11 heteroatoms. The maximum atomic E-state index is 14.4. The van der Waals surface area contributed by atoms with Gasteiger partial charge in [0.1, 0.15) is 0 Å². The van der Waals surface area contributed by atoms with Crippen LogP contribution < -0.4 is 9.80 Å². The van der Waals surface area contributed by atoms with Crippen molar-refractivity contribution >= 4 is 79.1 Å². The first-order valence-corrected chi connectivity index (χ1v) is 20.5. The largest absolute Gasteiger partial charge is 0.367 e. The number of amides is 6. The minimum atomic E-state index is -0.890. The zero-order chi connectivity index (χ0) is 40.5. The summed E-state index contributed by atoms with van der Waals surface area (Å²) in [5.74, 6) is -4.31. The van der Waals surface area contributed by atoms with Crippen LogP contribution in [0.5, 0.6) is 0 Å². The first-order chi connectivity index (χ1) is 28.8. The average molecular weight is 784 g/mol. The molecule has 0 atom stereocenters. The summed E-state index contributed by atoms with van der Waals surface area (Å²) in [4.78, 5) is 91.1. The van der Waals surface area contributed by atoms with Crippen LogP contribution in [-0.4, -0.2) is 83.1 Å². The molecule has 4 aliphatic rings. The molecule has 11 nitrogen and oxygen atoms in total. The van der Waals surface area contributed by atoms with E-state index >= 15 is 0 Å². The van der Waals surface area contributed by atoms with Gasteiger partial charge in [0.2, 0.25) is 0 Å². The molecule has 0 aliphatic carbocycles. The summed E-state index contributed by atoms with van der Waals surface area (Å²) in [5, 5.41) is 5.29. The molecule has 6 amide bonds. The van der Waals surface area contributed by atoms with Gasteiger partial charge in [-0.3, -0.25) is 33.7 Å². The maximum absolute atomic E-state index is 14.4. The fraction of sp³-hybridized carbons (Fsp3) is 0.250. The number of unbranched alkanes of at least 4 members (excludes halogenated alkanes) is 5. The molecule has 0 N–H and O–H groups in total. The molecule has 0 saturated carbocycles. The highest BCUT2D eigenvalue weighted by Crippen LogP contribution is 2.42. The molecule has 0 aromatic heterocycles. The van der Waals surface area contributed by atoms with Crippen molar-refractivity contribution in [1.82, 2.24) is 14.9 Å². The normalized spacial score (nSPS) is 16.5. The number of carbonyl (C=O) groups excluding carboxylic acids is 6. The molecule has 4 aliphatic heterocycles. The molecule has 0 unspecified atom stereocenters. The van der Waals surface area contributed by atoms with Gasteiger partial charge >= 0.3 is 0 Å². The highest BCUT2D eigenvalue weighted by Gasteiger charge is 2.47. The van der Waals surface area contributed by atoms with Gasteiger partial charge in [0, 0.05) is 82.2 Å². The van der Waals surface area contributed by atoms with Crippen molar-refractivity contribution in [2.24, 2.45) is 0 Å². The van der Waals surface area contributed by atoms with Crippen LogP contribution >= 0.6 is 0 Å². The molecule has 1 saturated heterocycles. The number of anilines is 2. The molecular weight excluding hydrogens is 743 g/mol. The number of nitrogens with zero attached hydrogens (tertiary/aromatic N) is 5. The summed E-state index contributed by atoms with van der Waals surface area (Å²) in [7, 11) is 0. The molecular formula is C48H41N5O6. The second-order valence-corrected chi connectivity index (χ2v) is 15.8. The second-order valence-electron chi connectivity index (χ2n) is 15.8. The fourth-order valence-electron chi connectivity index (χ4n) is 9.54. The summed E-state index contributed by atoms with van der Waals surface area (Å²) in [6.07, 6.45) is 5.98. The lowest BCUT2D eigenvalue weighted by atomic mass is 9.86. The SMILES string of the molecule is CCCCCCCCN1C(=O)c2ccc3c4c(ccc(c24)C1=O)C(=O)N(N1C(=O)c2cccc4c(N5CCN(c6cccc7ccccc67)CC5)ccc(c24)C1=O)C3=O. The number of benzene rings is 6. The van der Waals surface area contributed by atoms with Crippen LogP contribution in [0.3, 0.4) is 0 Å². The Bertz CT molecular complexity index is 2740. The van der Waals surface area contributed by atoms with E-state index in [4.69, 9.17) is 0 Å². The fourth-order valence-corrected chi connectivity index (χ4v) is 9.54. The maximum Gasteiger partial charge on any atom is 0.281 e. The standard InChI is InChI=1S/C48H41N5O6/c1-2-3-4-5-6-9-24-51-43(54)34-18-20-36-42-37(21-19-35(41(34)42)44(51)55)48(59)53(47(36)58)52-45(56)32-16-11-15-31-39(23-22-33(40(31)32)46(52)57)50-27-25-49(26-28-50)38-17-10-13-29-12-7-8-14-30(29)38/h7-8,10-23H,2-6,9,24-28H2,1H3. The van der Waals surface area contributed by atoms with Crippen molar-refractivity contribution in [2.75, 3.05) is 42.5 Å². The predicted octanol–water partition coefficient (Wildman–Crippen LogP) is 8.24. The van der Waals surface area contributed by atoms with Crippen molar-refractivity contribution in [3.05, 3.63) is 130 Å². The number of rotatable bonds is 10. The van der Waals surface area contributed by atoms with Crippen LogP contribution in [0, 0.1) is 0 Å². The third-order valence-electron chi connectivity index (χ3n) is 12.5. The summed E-state index contributed by atoms with van der Waals surface area (Å²) in [6, 6.07) is 29.4. The van der Waals surface area contributed by atoms with Crippen LogP contribution in [0.2, 0.25) is 0 Å².